The number of carboxylic acid groups (broad SMARTS) is 1. The Bertz CT molecular complexity index is 262. The molecule has 1 N–H and O–H groups in total. The van der Waals surface area contributed by atoms with E-state index in [1.54, 1.807) is 13.0 Å². The lowest BCUT2D eigenvalue weighted by Crippen LogP contribution is -1.96. The molecule has 0 fully saturated rings. The molecule has 0 aromatic carbocycles. The van der Waals surface area contributed by atoms with Crippen molar-refractivity contribution in [1.82, 2.24) is 0 Å². The van der Waals surface area contributed by atoms with E-state index in [0.29, 0.717) is 11.5 Å². The van der Waals surface area contributed by atoms with Crippen molar-refractivity contribution in [2.24, 2.45) is 5.92 Å². The predicted molar refractivity (Wildman–Crippen MR) is 63.8 cm³/mol. The second kappa shape index (κ2) is 7.27. The lowest BCUT2D eigenvalue weighted by molar-refractivity contribution is -0.132. The van der Waals surface area contributed by atoms with E-state index < -0.39 is 5.97 Å². The van der Waals surface area contributed by atoms with Gasteiger partial charge in [0.05, 0.1) is 0 Å². The largest absolute Gasteiger partial charge is 0.478 e. The van der Waals surface area contributed by atoms with Crippen LogP contribution >= 0.6 is 0 Å². The Kier molecular flexibility index (Phi) is 6.76. The summed E-state index contributed by atoms with van der Waals surface area (Å²) in [6.07, 6.45) is 7.48. The standard InChI is InChI=1S/C13H22O2/c1-5-6-7-10(2)8-11(3)9-12(4)13(14)15/h8-10H,5-7H2,1-4H3,(H,14,15). The van der Waals surface area contributed by atoms with Gasteiger partial charge in [-0.05, 0) is 32.3 Å². The van der Waals surface area contributed by atoms with E-state index >= 15 is 0 Å². The molecule has 1 unspecified atom stereocenters. The summed E-state index contributed by atoms with van der Waals surface area (Å²) in [7, 11) is 0. The second-order valence-corrected chi connectivity index (χ2v) is 4.16. The summed E-state index contributed by atoms with van der Waals surface area (Å²) in [5, 5.41) is 8.71. The normalized spacial score (nSPS) is 15.2. The highest BCUT2D eigenvalue weighted by Gasteiger charge is 2.01. The van der Waals surface area contributed by atoms with Gasteiger partial charge in [0, 0.05) is 5.57 Å². The van der Waals surface area contributed by atoms with E-state index in [2.05, 4.69) is 19.9 Å². The summed E-state index contributed by atoms with van der Waals surface area (Å²) in [6, 6.07) is 0. The topological polar surface area (TPSA) is 37.3 Å². The lowest BCUT2D eigenvalue weighted by Gasteiger charge is -2.05. The minimum absolute atomic E-state index is 0.395. The van der Waals surface area contributed by atoms with E-state index in [9.17, 15) is 4.79 Å². The van der Waals surface area contributed by atoms with Crippen LogP contribution in [0.5, 0.6) is 0 Å². The fraction of sp³-hybridized carbons (Fsp3) is 0.615. The number of rotatable bonds is 6. The summed E-state index contributed by atoms with van der Waals surface area (Å²) < 4.78 is 0. The molecule has 2 heteroatoms. The summed E-state index contributed by atoms with van der Waals surface area (Å²) >= 11 is 0. The number of hydrogen-bond acceptors (Lipinski definition) is 1. The first-order valence-corrected chi connectivity index (χ1v) is 5.57. The van der Waals surface area contributed by atoms with Gasteiger partial charge in [0.1, 0.15) is 0 Å². The highest BCUT2D eigenvalue weighted by molar-refractivity contribution is 5.86. The Morgan fingerprint density at radius 1 is 1.40 bits per heavy atom. The SMILES string of the molecule is CCCCC(C)C=C(C)C=C(C)C(=O)O. The third kappa shape index (κ3) is 6.95. The number of aliphatic carboxylic acids is 1. The molecule has 0 spiro atoms. The Labute approximate surface area is 92.7 Å². The van der Waals surface area contributed by atoms with Crippen LogP contribution in [0, 0.1) is 5.92 Å². The van der Waals surface area contributed by atoms with E-state index in [1.165, 1.54) is 19.3 Å². The minimum Gasteiger partial charge on any atom is -0.478 e. The van der Waals surface area contributed by atoms with Gasteiger partial charge in [-0.25, -0.2) is 4.79 Å². The molecule has 0 radical (unpaired) electrons. The quantitative estimate of drug-likeness (QED) is 0.535. The molecule has 15 heavy (non-hydrogen) atoms. The van der Waals surface area contributed by atoms with Crippen molar-refractivity contribution >= 4 is 5.97 Å². The van der Waals surface area contributed by atoms with Crippen LogP contribution < -0.4 is 0 Å². The van der Waals surface area contributed by atoms with Crippen LogP contribution in [0.4, 0.5) is 0 Å². The molecule has 0 saturated heterocycles. The molecule has 86 valence electrons. The highest BCUT2D eigenvalue weighted by atomic mass is 16.4. The van der Waals surface area contributed by atoms with Gasteiger partial charge in [0.2, 0.25) is 0 Å². The van der Waals surface area contributed by atoms with E-state index in [0.717, 1.165) is 5.57 Å². The van der Waals surface area contributed by atoms with Crippen LogP contribution in [0.3, 0.4) is 0 Å². The van der Waals surface area contributed by atoms with Crippen molar-refractivity contribution in [1.29, 1.82) is 0 Å². The molecule has 1 atom stereocenters. The van der Waals surface area contributed by atoms with Crippen LogP contribution in [-0.4, -0.2) is 11.1 Å². The molecular weight excluding hydrogens is 188 g/mol. The van der Waals surface area contributed by atoms with E-state index in [1.807, 2.05) is 6.92 Å². The molecule has 2 nitrogen and oxygen atoms in total. The van der Waals surface area contributed by atoms with Gasteiger partial charge < -0.3 is 5.11 Å². The third-order valence-electron chi connectivity index (χ3n) is 2.34. The zero-order chi connectivity index (χ0) is 11.8. The zero-order valence-electron chi connectivity index (χ0n) is 10.2. The van der Waals surface area contributed by atoms with Gasteiger partial charge in [0.25, 0.3) is 0 Å². The van der Waals surface area contributed by atoms with Crippen LogP contribution in [0.25, 0.3) is 0 Å². The van der Waals surface area contributed by atoms with Crippen LogP contribution in [0.1, 0.15) is 47.0 Å². The lowest BCUT2D eigenvalue weighted by atomic mass is 10.0. The van der Waals surface area contributed by atoms with Crippen molar-refractivity contribution in [3.63, 3.8) is 0 Å². The summed E-state index contributed by atoms with van der Waals surface area (Å²) in [6.45, 7) is 7.92. The van der Waals surface area contributed by atoms with Gasteiger partial charge in [-0.15, -0.1) is 0 Å². The van der Waals surface area contributed by atoms with Crippen molar-refractivity contribution in [2.45, 2.75) is 47.0 Å². The van der Waals surface area contributed by atoms with Crippen molar-refractivity contribution in [3.8, 4) is 0 Å². The Morgan fingerprint density at radius 2 is 2.00 bits per heavy atom. The summed E-state index contributed by atoms with van der Waals surface area (Å²) in [4.78, 5) is 10.6. The molecule has 0 aliphatic rings. The number of allylic oxidation sites excluding steroid dienone is 3. The number of carboxylic acids is 1. The third-order valence-corrected chi connectivity index (χ3v) is 2.34. The summed E-state index contributed by atoms with van der Waals surface area (Å²) in [5.41, 5.74) is 1.44. The predicted octanol–water partition coefficient (Wildman–Crippen LogP) is 3.79. The number of hydrogen-bond donors (Lipinski definition) is 1. The highest BCUT2D eigenvalue weighted by Crippen LogP contribution is 2.13. The monoisotopic (exact) mass is 210 g/mol. The average molecular weight is 210 g/mol. The fourth-order valence-electron chi connectivity index (χ4n) is 1.51. The first kappa shape index (κ1) is 13.9. The first-order valence-electron chi connectivity index (χ1n) is 5.57. The molecule has 0 aliphatic heterocycles. The van der Waals surface area contributed by atoms with Gasteiger partial charge in [-0.3, -0.25) is 0 Å². The first-order chi connectivity index (χ1) is 6.97. The van der Waals surface area contributed by atoms with E-state index in [-0.39, 0.29) is 0 Å². The fourth-order valence-corrected chi connectivity index (χ4v) is 1.51. The minimum atomic E-state index is -0.844. The van der Waals surface area contributed by atoms with Crippen molar-refractivity contribution in [3.05, 3.63) is 23.3 Å². The maximum atomic E-state index is 10.6. The van der Waals surface area contributed by atoms with Crippen molar-refractivity contribution < 1.29 is 9.90 Å². The molecule has 0 rings (SSSR count). The average Bonchev–Trinajstić information content (AvgIpc) is 2.14. The molecule has 0 aliphatic carbocycles. The summed E-state index contributed by atoms with van der Waals surface area (Å²) in [5.74, 6) is -0.313. The molecule has 0 bridgehead atoms. The molecule has 0 aromatic rings. The van der Waals surface area contributed by atoms with Crippen LogP contribution in [0.15, 0.2) is 23.3 Å². The Hall–Kier alpha value is -1.05. The molecular formula is C13H22O2. The van der Waals surface area contributed by atoms with Crippen LogP contribution in [-0.2, 0) is 4.79 Å². The van der Waals surface area contributed by atoms with Gasteiger partial charge in [-0.1, -0.05) is 38.3 Å². The van der Waals surface area contributed by atoms with Crippen molar-refractivity contribution in [2.75, 3.05) is 0 Å². The number of unbranched alkanes of at least 4 members (excludes halogenated alkanes) is 1. The maximum absolute atomic E-state index is 10.6. The Balaban J connectivity index is 4.30. The van der Waals surface area contributed by atoms with E-state index in [4.69, 9.17) is 5.11 Å². The van der Waals surface area contributed by atoms with Gasteiger partial charge in [0.15, 0.2) is 0 Å². The maximum Gasteiger partial charge on any atom is 0.331 e. The number of carbonyl (C=O) groups is 1. The molecule has 0 aromatic heterocycles. The Morgan fingerprint density at radius 3 is 2.47 bits per heavy atom. The molecule has 0 saturated carbocycles. The van der Waals surface area contributed by atoms with Crippen LogP contribution in [0.2, 0.25) is 0 Å². The smallest absolute Gasteiger partial charge is 0.331 e. The van der Waals surface area contributed by atoms with Gasteiger partial charge in [-0.2, -0.15) is 0 Å². The molecule has 0 heterocycles. The molecule has 0 amide bonds. The van der Waals surface area contributed by atoms with Gasteiger partial charge >= 0.3 is 5.97 Å². The second-order valence-electron chi connectivity index (χ2n) is 4.16. The zero-order valence-corrected chi connectivity index (χ0v) is 10.2.